The Labute approximate surface area is 110 Å². The van der Waals surface area contributed by atoms with Crippen molar-refractivity contribution in [2.75, 3.05) is 11.9 Å². The normalized spacial score (nSPS) is 12.6. The summed E-state index contributed by atoms with van der Waals surface area (Å²) in [6, 6.07) is 5.63. The standard InChI is InChI=1S/C13H18BrNO2/c1-8(2)11(7-16)13(17)15-10-4-5-12(14)9(3)6-10/h4-6,8,11,16H,7H2,1-3H3,(H,15,17). The topological polar surface area (TPSA) is 49.3 Å². The van der Waals surface area contributed by atoms with Crippen molar-refractivity contribution in [3.63, 3.8) is 0 Å². The summed E-state index contributed by atoms with van der Waals surface area (Å²) in [5.41, 5.74) is 1.82. The Morgan fingerprint density at radius 2 is 2.12 bits per heavy atom. The summed E-state index contributed by atoms with van der Waals surface area (Å²) in [5, 5.41) is 12.0. The van der Waals surface area contributed by atoms with Crippen molar-refractivity contribution in [1.82, 2.24) is 0 Å². The minimum Gasteiger partial charge on any atom is -0.396 e. The molecule has 1 rings (SSSR count). The first-order chi connectivity index (χ1) is 7.95. The summed E-state index contributed by atoms with van der Waals surface area (Å²) in [4.78, 5) is 11.9. The third-order valence-electron chi connectivity index (χ3n) is 2.76. The highest BCUT2D eigenvalue weighted by Gasteiger charge is 2.21. The smallest absolute Gasteiger partial charge is 0.230 e. The summed E-state index contributed by atoms with van der Waals surface area (Å²) < 4.78 is 1.01. The Morgan fingerprint density at radius 1 is 1.47 bits per heavy atom. The van der Waals surface area contributed by atoms with E-state index in [0.717, 1.165) is 15.7 Å². The molecule has 0 heterocycles. The summed E-state index contributed by atoms with van der Waals surface area (Å²) in [7, 11) is 0. The second kappa shape index (κ2) is 6.17. The van der Waals surface area contributed by atoms with Crippen molar-refractivity contribution in [1.29, 1.82) is 0 Å². The van der Waals surface area contributed by atoms with Gasteiger partial charge in [-0.3, -0.25) is 4.79 Å². The molecule has 0 saturated carbocycles. The molecule has 0 aliphatic carbocycles. The number of hydrogen-bond donors (Lipinski definition) is 2. The summed E-state index contributed by atoms with van der Waals surface area (Å²) in [6.45, 7) is 5.69. The maximum Gasteiger partial charge on any atom is 0.230 e. The number of aliphatic hydroxyl groups is 1. The molecule has 2 N–H and O–H groups in total. The van der Waals surface area contributed by atoms with E-state index in [2.05, 4.69) is 21.2 Å². The molecule has 0 fully saturated rings. The van der Waals surface area contributed by atoms with Crippen molar-refractivity contribution < 1.29 is 9.90 Å². The number of aryl methyl sites for hydroxylation is 1. The number of halogens is 1. The molecule has 1 amide bonds. The number of amides is 1. The fraction of sp³-hybridized carbons (Fsp3) is 0.462. The zero-order valence-corrected chi connectivity index (χ0v) is 11.9. The third-order valence-corrected chi connectivity index (χ3v) is 3.65. The lowest BCUT2D eigenvalue weighted by Crippen LogP contribution is -2.29. The molecular weight excluding hydrogens is 282 g/mol. The highest BCUT2D eigenvalue weighted by Crippen LogP contribution is 2.21. The highest BCUT2D eigenvalue weighted by molar-refractivity contribution is 9.10. The van der Waals surface area contributed by atoms with Crippen molar-refractivity contribution in [3.8, 4) is 0 Å². The van der Waals surface area contributed by atoms with Gasteiger partial charge in [-0.25, -0.2) is 0 Å². The van der Waals surface area contributed by atoms with Crippen LogP contribution in [0.2, 0.25) is 0 Å². The van der Waals surface area contributed by atoms with Crippen LogP contribution in [-0.2, 0) is 4.79 Å². The molecule has 0 saturated heterocycles. The maximum atomic E-state index is 11.9. The molecule has 0 aliphatic heterocycles. The predicted octanol–water partition coefficient (Wildman–Crippen LogP) is 2.96. The van der Waals surface area contributed by atoms with Gasteiger partial charge in [0.1, 0.15) is 0 Å². The Hall–Kier alpha value is -0.870. The van der Waals surface area contributed by atoms with Gasteiger partial charge in [-0.15, -0.1) is 0 Å². The van der Waals surface area contributed by atoms with E-state index in [9.17, 15) is 9.90 Å². The van der Waals surface area contributed by atoms with E-state index in [1.165, 1.54) is 0 Å². The van der Waals surface area contributed by atoms with Crippen LogP contribution in [0.1, 0.15) is 19.4 Å². The second-order valence-electron chi connectivity index (χ2n) is 4.49. The minimum absolute atomic E-state index is 0.122. The zero-order valence-electron chi connectivity index (χ0n) is 10.3. The zero-order chi connectivity index (χ0) is 13.0. The first-order valence-corrected chi connectivity index (χ1v) is 6.43. The fourth-order valence-corrected chi connectivity index (χ4v) is 1.80. The van der Waals surface area contributed by atoms with Crippen molar-refractivity contribution in [3.05, 3.63) is 28.2 Å². The minimum atomic E-state index is -0.362. The van der Waals surface area contributed by atoms with Gasteiger partial charge in [-0.05, 0) is 36.6 Å². The van der Waals surface area contributed by atoms with E-state index >= 15 is 0 Å². The summed E-state index contributed by atoms with van der Waals surface area (Å²) in [6.07, 6.45) is 0. The van der Waals surface area contributed by atoms with Crippen LogP contribution in [-0.4, -0.2) is 17.6 Å². The SMILES string of the molecule is Cc1cc(NC(=O)C(CO)C(C)C)ccc1Br. The third kappa shape index (κ3) is 3.82. The first-order valence-electron chi connectivity index (χ1n) is 5.63. The Bertz CT molecular complexity index is 404. The van der Waals surface area contributed by atoms with Crippen LogP contribution in [0.5, 0.6) is 0 Å². The molecule has 94 valence electrons. The number of carbonyl (C=O) groups excluding carboxylic acids is 1. The van der Waals surface area contributed by atoms with Gasteiger partial charge in [0, 0.05) is 10.2 Å². The molecule has 0 bridgehead atoms. The van der Waals surface area contributed by atoms with Gasteiger partial charge in [0.15, 0.2) is 0 Å². The monoisotopic (exact) mass is 299 g/mol. The van der Waals surface area contributed by atoms with Gasteiger partial charge in [0.05, 0.1) is 12.5 Å². The van der Waals surface area contributed by atoms with Gasteiger partial charge in [-0.2, -0.15) is 0 Å². The van der Waals surface area contributed by atoms with E-state index in [-0.39, 0.29) is 24.3 Å². The van der Waals surface area contributed by atoms with Crippen molar-refractivity contribution in [2.45, 2.75) is 20.8 Å². The Balaban J connectivity index is 2.77. The van der Waals surface area contributed by atoms with E-state index in [1.54, 1.807) is 0 Å². The molecule has 3 nitrogen and oxygen atoms in total. The van der Waals surface area contributed by atoms with E-state index in [1.807, 2.05) is 39.0 Å². The Morgan fingerprint density at radius 3 is 2.59 bits per heavy atom. The second-order valence-corrected chi connectivity index (χ2v) is 5.34. The maximum absolute atomic E-state index is 11.9. The lowest BCUT2D eigenvalue weighted by atomic mass is 9.96. The number of anilines is 1. The van der Waals surface area contributed by atoms with Crippen LogP contribution in [0.4, 0.5) is 5.69 Å². The number of hydrogen-bond acceptors (Lipinski definition) is 2. The number of benzene rings is 1. The quantitative estimate of drug-likeness (QED) is 0.898. The van der Waals surface area contributed by atoms with Crippen LogP contribution < -0.4 is 5.32 Å². The highest BCUT2D eigenvalue weighted by atomic mass is 79.9. The average molecular weight is 300 g/mol. The average Bonchev–Trinajstić information content (AvgIpc) is 2.24. The molecule has 17 heavy (non-hydrogen) atoms. The number of aliphatic hydroxyl groups excluding tert-OH is 1. The van der Waals surface area contributed by atoms with Crippen molar-refractivity contribution >= 4 is 27.5 Å². The molecule has 4 heteroatoms. The molecule has 1 aromatic rings. The number of rotatable bonds is 4. The van der Waals surface area contributed by atoms with Crippen LogP contribution in [0.15, 0.2) is 22.7 Å². The molecule has 0 spiro atoms. The van der Waals surface area contributed by atoms with Crippen LogP contribution in [0, 0.1) is 18.8 Å². The van der Waals surface area contributed by atoms with Gasteiger partial charge in [0.25, 0.3) is 0 Å². The molecule has 1 aromatic carbocycles. The molecule has 1 atom stereocenters. The van der Waals surface area contributed by atoms with E-state index in [4.69, 9.17) is 0 Å². The van der Waals surface area contributed by atoms with E-state index in [0.29, 0.717) is 0 Å². The summed E-state index contributed by atoms with van der Waals surface area (Å²) >= 11 is 3.41. The van der Waals surface area contributed by atoms with Gasteiger partial charge in [0.2, 0.25) is 5.91 Å². The van der Waals surface area contributed by atoms with Crippen LogP contribution in [0.25, 0.3) is 0 Å². The fourth-order valence-electron chi connectivity index (χ4n) is 1.55. The molecule has 0 aromatic heterocycles. The van der Waals surface area contributed by atoms with Gasteiger partial charge >= 0.3 is 0 Å². The molecule has 0 aliphatic rings. The lowest BCUT2D eigenvalue weighted by molar-refractivity contribution is -0.122. The largest absolute Gasteiger partial charge is 0.396 e. The molecule has 1 unspecified atom stereocenters. The van der Waals surface area contributed by atoms with Gasteiger partial charge in [-0.1, -0.05) is 29.8 Å². The lowest BCUT2D eigenvalue weighted by Gasteiger charge is -2.17. The summed E-state index contributed by atoms with van der Waals surface area (Å²) in [5.74, 6) is -0.375. The number of carbonyl (C=O) groups is 1. The van der Waals surface area contributed by atoms with E-state index < -0.39 is 0 Å². The molecule has 0 radical (unpaired) electrons. The van der Waals surface area contributed by atoms with Crippen LogP contribution >= 0.6 is 15.9 Å². The molecular formula is C13H18BrNO2. The van der Waals surface area contributed by atoms with Crippen molar-refractivity contribution in [2.24, 2.45) is 11.8 Å². The first kappa shape index (κ1) is 14.2. The van der Waals surface area contributed by atoms with Gasteiger partial charge < -0.3 is 10.4 Å². The predicted molar refractivity (Wildman–Crippen MR) is 72.9 cm³/mol. The van der Waals surface area contributed by atoms with Crippen LogP contribution in [0.3, 0.4) is 0 Å². The Kier molecular flexibility index (Phi) is 5.15. The number of nitrogens with one attached hydrogen (secondary N) is 1.